The fraction of sp³-hybridized carbons (Fsp3) is 0.421. The molecule has 2 aliphatic rings. The lowest BCUT2D eigenvalue weighted by atomic mass is 10.1. The number of anilines is 2. The number of nitrogens with two attached hydrogens (primary N) is 1. The van der Waals surface area contributed by atoms with Crippen LogP contribution in [0.4, 0.5) is 11.8 Å². The molecule has 1 saturated heterocycles. The van der Waals surface area contributed by atoms with Gasteiger partial charge in [-0.15, -0.1) is 0 Å². The molecule has 0 unspecified atom stereocenters. The normalized spacial score (nSPS) is 26.9. The van der Waals surface area contributed by atoms with Gasteiger partial charge in [0.2, 0.25) is 5.95 Å². The average Bonchev–Trinajstić information content (AvgIpc) is 3.38. The third-order valence-corrected chi connectivity index (χ3v) is 5.62. The molecule has 2 aromatic heterocycles. The maximum absolute atomic E-state index is 10.3. The first kappa shape index (κ1) is 18.3. The maximum atomic E-state index is 10.3. The second-order valence-electron chi connectivity index (χ2n) is 7.50. The highest BCUT2D eigenvalue weighted by Crippen LogP contribution is 2.32. The lowest BCUT2D eigenvalue weighted by molar-refractivity contribution is -0.0511. The lowest BCUT2D eigenvalue weighted by Crippen LogP contribution is -2.33. The van der Waals surface area contributed by atoms with Crippen LogP contribution in [-0.4, -0.2) is 65.8 Å². The molecule has 1 aliphatic carbocycles. The first-order valence-electron chi connectivity index (χ1n) is 9.51. The van der Waals surface area contributed by atoms with Crippen LogP contribution in [0.5, 0.6) is 0 Å². The van der Waals surface area contributed by atoms with Crippen molar-refractivity contribution in [1.29, 1.82) is 0 Å². The highest BCUT2D eigenvalue weighted by atomic mass is 16.6. The lowest BCUT2D eigenvalue weighted by Gasteiger charge is -2.17. The second-order valence-corrected chi connectivity index (χ2v) is 7.50. The van der Waals surface area contributed by atoms with Gasteiger partial charge in [-0.3, -0.25) is 4.57 Å². The molecule has 0 amide bonds. The molecule has 3 aromatic rings. The fourth-order valence-corrected chi connectivity index (χ4v) is 4.14. The summed E-state index contributed by atoms with van der Waals surface area (Å²) >= 11 is 0. The minimum atomic E-state index is -1.23. The topological polar surface area (TPSA) is 152 Å². The fourth-order valence-electron chi connectivity index (χ4n) is 4.14. The van der Waals surface area contributed by atoms with Crippen molar-refractivity contribution >= 4 is 22.9 Å². The molecule has 6 N–H and O–H groups in total. The maximum Gasteiger partial charge on any atom is 0.227 e. The summed E-state index contributed by atoms with van der Waals surface area (Å²) in [4.78, 5) is 13.1. The number of rotatable bonds is 4. The summed E-state index contributed by atoms with van der Waals surface area (Å²) < 4.78 is 7.10. The molecule has 0 spiro atoms. The Kier molecular flexibility index (Phi) is 4.36. The van der Waals surface area contributed by atoms with E-state index in [0.717, 1.165) is 12.8 Å². The molecule has 152 valence electrons. The van der Waals surface area contributed by atoms with Gasteiger partial charge in [0, 0.05) is 6.04 Å². The van der Waals surface area contributed by atoms with Crippen molar-refractivity contribution in [2.75, 3.05) is 17.7 Å². The van der Waals surface area contributed by atoms with Crippen LogP contribution in [0.15, 0.2) is 30.6 Å². The van der Waals surface area contributed by atoms with E-state index in [1.807, 2.05) is 12.1 Å². The van der Waals surface area contributed by atoms with Crippen LogP contribution in [0.1, 0.15) is 17.4 Å². The Morgan fingerprint density at radius 2 is 1.86 bits per heavy atom. The van der Waals surface area contributed by atoms with E-state index in [9.17, 15) is 15.3 Å². The van der Waals surface area contributed by atoms with Crippen molar-refractivity contribution in [3.8, 4) is 0 Å². The number of nitrogen functional groups attached to an aromatic ring is 1. The van der Waals surface area contributed by atoms with Gasteiger partial charge in [-0.1, -0.05) is 24.3 Å². The molecule has 0 radical (unpaired) electrons. The molecular weight excluding hydrogens is 376 g/mol. The van der Waals surface area contributed by atoms with Crippen LogP contribution in [-0.2, 0) is 17.6 Å². The van der Waals surface area contributed by atoms with Crippen LogP contribution >= 0.6 is 0 Å². The summed E-state index contributed by atoms with van der Waals surface area (Å²) in [5, 5.41) is 33.0. The van der Waals surface area contributed by atoms with Crippen molar-refractivity contribution in [3.05, 3.63) is 41.7 Å². The number of ether oxygens (including phenoxy) is 1. The number of benzene rings is 1. The van der Waals surface area contributed by atoms with E-state index in [0.29, 0.717) is 17.1 Å². The summed E-state index contributed by atoms with van der Waals surface area (Å²) in [7, 11) is 0. The molecule has 29 heavy (non-hydrogen) atoms. The smallest absolute Gasteiger partial charge is 0.227 e. The predicted octanol–water partition coefficient (Wildman–Crippen LogP) is -0.401. The molecular formula is C19H22N6O4. The first-order valence-corrected chi connectivity index (χ1v) is 9.51. The summed E-state index contributed by atoms with van der Waals surface area (Å²) in [5.41, 5.74) is 9.44. The minimum absolute atomic E-state index is 0.148. The molecule has 10 nitrogen and oxygen atoms in total. The number of aliphatic hydroxyl groups is 3. The van der Waals surface area contributed by atoms with E-state index in [2.05, 4.69) is 32.4 Å². The van der Waals surface area contributed by atoms with E-state index in [4.69, 9.17) is 10.5 Å². The third kappa shape index (κ3) is 3.01. The molecule has 5 rings (SSSR count). The molecule has 1 fully saturated rings. The van der Waals surface area contributed by atoms with Crippen molar-refractivity contribution in [2.24, 2.45) is 0 Å². The zero-order valence-electron chi connectivity index (χ0n) is 15.5. The van der Waals surface area contributed by atoms with Crippen LogP contribution in [0.2, 0.25) is 0 Å². The van der Waals surface area contributed by atoms with Gasteiger partial charge in [0.25, 0.3) is 0 Å². The van der Waals surface area contributed by atoms with Gasteiger partial charge in [-0.25, -0.2) is 4.98 Å². The SMILES string of the molecule is Nc1nc(NC2Cc3ccccc3C2)nc2c1ncn2[C@@H]1O[C@H](CO)[C@@H](O)[C@H]1O. The summed E-state index contributed by atoms with van der Waals surface area (Å²) in [5.74, 6) is 0.569. The van der Waals surface area contributed by atoms with Crippen molar-refractivity contribution < 1.29 is 20.1 Å². The average molecular weight is 398 g/mol. The molecule has 1 aromatic carbocycles. The van der Waals surface area contributed by atoms with Crippen LogP contribution in [0, 0.1) is 0 Å². The molecule has 10 heteroatoms. The number of nitrogens with one attached hydrogen (secondary N) is 1. The van der Waals surface area contributed by atoms with Gasteiger partial charge in [0.05, 0.1) is 12.9 Å². The quantitative estimate of drug-likeness (QED) is 0.395. The zero-order valence-corrected chi connectivity index (χ0v) is 15.5. The Labute approximate surface area is 166 Å². The Hall–Kier alpha value is -2.79. The number of aliphatic hydroxyl groups excluding tert-OH is 3. The highest BCUT2D eigenvalue weighted by molar-refractivity contribution is 5.83. The third-order valence-electron chi connectivity index (χ3n) is 5.62. The summed E-state index contributed by atoms with van der Waals surface area (Å²) in [6, 6.07) is 8.44. The van der Waals surface area contributed by atoms with Crippen LogP contribution in [0.25, 0.3) is 11.2 Å². The summed E-state index contributed by atoms with van der Waals surface area (Å²) in [6.07, 6.45) is -1.11. The summed E-state index contributed by atoms with van der Waals surface area (Å²) in [6.45, 7) is -0.409. The van der Waals surface area contributed by atoms with E-state index in [1.54, 1.807) is 0 Å². The highest BCUT2D eigenvalue weighted by Gasteiger charge is 2.44. The number of hydrogen-bond acceptors (Lipinski definition) is 9. The molecule has 0 saturated carbocycles. The van der Waals surface area contributed by atoms with Gasteiger partial charge in [0.1, 0.15) is 23.8 Å². The standard InChI is InChI=1S/C19H22N6O4/c20-16-13-17(25(8-21-13)18-15(28)14(27)12(7-26)29-18)24-19(23-16)22-11-5-9-3-1-2-4-10(9)6-11/h1-4,8,11-12,14-15,18,26-28H,5-7H2,(H3,20,22,23,24)/t12-,14-,15-,18-/m1/s1. The van der Waals surface area contributed by atoms with E-state index >= 15 is 0 Å². The van der Waals surface area contributed by atoms with E-state index < -0.39 is 31.1 Å². The molecule has 0 bridgehead atoms. The largest absolute Gasteiger partial charge is 0.394 e. The van der Waals surface area contributed by atoms with Gasteiger partial charge in [0.15, 0.2) is 17.7 Å². The molecule has 1 aliphatic heterocycles. The number of hydrogen-bond donors (Lipinski definition) is 5. The number of imidazole rings is 1. The first-order chi connectivity index (χ1) is 14.0. The van der Waals surface area contributed by atoms with Crippen LogP contribution < -0.4 is 11.1 Å². The minimum Gasteiger partial charge on any atom is -0.394 e. The van der Waals surface area contributed by atoms with Gasteiger partial charge in [-0.2, -0.15) is 9.97 Å². The van der Waals surface area contributed by atoms with Crippen molar-refractivity contribution in [1.82, 2.24) is 19.5 Å². The molecule has 4 atom stereocenters. The van der Waals surface area contributed by atoms with Crippen LogP contribution in [0.3, 0.4) is 0 Å². The van der Waals surface area contributed by atoms with Gasteiger partial charge in [-0.05, 0) is 24.0 Å². The van der Waals surface area contributed by atoms with Gasteiger partial charge >= 0.3 is 0 Å². The Morgan fingerprint density at radius 1 is 1.14 bits per heavy atom. The predicted molar refractivity (Wildman–Crippen MR) is 104 cm³/mol. The molecule has 3 heterocycles. The van der Waals surface area contributed by atoms with Crippen molar-refractivity contribution in [3.63, 3.8) is 0 Å². The number of nitrogens with zero attached hydrogens (tertiary/aromatic N) is 4. The van der Waals surface area contributed by atoms with E-state index in [1.165, 1.54) is 22.0 Å². The Bertz CT molecular complexity index is 1030. The number of fused-ring (bicyclic) bond motifs is 2. The Morgan fingerprint density at radius 3 is 2.52 bits per heavy atom. The van der Waals surface area contributed by atoms with Gasteiger partial charge < -0.3 is 31.1 Å². The monoisotopic (exact) mass is 398 g/mol. The number of aromatic nitrogens is 4. The zero-order chi connectivity index (χ0) is 20.1. The second kappa shape index (κ2) is 6.92. The van der Waals surface area contributed by atoms with E-state index in [-0.39, 0.29) is 11.9 Å². The van der Waals surface area contributed by atoms with Crippen molar-refractivity contribution in [2.45, 2.75) is 43.4 Å². The Balaban J connectivity index is 1.44.